The fourth-order valence-electron chi connectivity index (χ4n) is 3.87. The molecule has 0 aliphatic carbocycles. The predicted octanol–water partition coefficient (Wildman–Crippen LogP) is 4.31. The highest BCUT2D eigenvalue weighted by Gasteiger charge is 2.43. The molecule has 2 aromatic rings. The van der Waals surface area contributed by atoms with Gasteiger partial charge < -0.3 is 24.6 Å². The number of methoxy groups -OCH3 is 1. The molecule has 0 fully saturated rings. The number of rotatable bonds is 9. The highest BCUT2D eigenvalue weighted by atomic mass is 16.5. The summed E-state index contributed by atoms with van der Waals surface area (Å²) in [6.07, 6.45) is 0.201. The Morgan fingerprint density at radius 1 is 1.16 bits per heavy atom. The van der Waals surface area contributed by atoms with Gasteiger partial charge in [0.1, 0.15) is 5.75 Å². The first-order chi connectivity index (χ1) is 15.3. The van der Waals surface area contributed by atoms with Crippen LogP contribution in [-0.2, 0) is 16.1 Å². The van der Waals surface area contributed by atoms with Crippen molar-refractivity contribution in [2.24, 2.45) is 5.92 Å². The van der Waals surface area contributed by atoms with Crippen LogP contribution in [0.4, 0.5) is 0 Å². The van der Waals surface area contributed by atoms with E-state index in [1.807, 2.05) is 26.0 Å². The normalized spacial score (nSPS) is 16.1. The standard InChI is InChI=1S/C25H29NO6/c1-5-32-21-13-17(9-10-19(21)27)23-22(20(28)11-15(2)3)24(29)25(30)26(23)14-16-7-6-8-18(12-16)31-4/h6-10,12-13,15,23,27,29H,5,11,14H2,1-4H3. The minimum absolute atomic E-state index is 0.0393. The first-order valence-corrected chi connectivity index (χ1v) is 10.6. The number of ether oxygens (including phenoxy) is 2. The van der Waals surface area contributed by atoms with Crippen molar-refractivity contribution in [3.63, 3.8) is 0 Å². The molecule has 0 saturated carbocycles. The predicted molar refractivity (Wildman–Crippen MR) is 120 cm³/mol. The maximum Gasteiger partial charge on any atom is 0.290 e. The second kappa shape index (κ2) is 9.77. The second-order valence-corrected chi connectivity index (χ2v) is 8.13. The van der Waals surface area contributed by atoms with Gasteiger partial charge in [-0.3, -0.25) is 9.59 Å². The number of carbonyl (C=O) groups is 2. The minimum Gasteiger partial charge on any atom is -0.504 e. The van der Waals surface area contributed by atoms with Crippen molar-refractivity contribution in [1.82, 2.24) is 4.90 Å². The number of Topliss-reactive ketones (excluding diaryl/α,β-unsaturated/α-hetero) is 1. The summed E-state index contributed by atoms with van der Waals surface area (Å²) in [5.41, 5.74) is 1.43. The smallest absolute Gasteiger partial charge is 0.290 e. The maximum absolute atomic E-state index is 13.1. The number of amides is 1. The van der Waals surface area contributed by atoms with E-state index < -0.39 is 17.7 Å². The Labute approximate surface area is 187 Å². The van der Waals surface area contributed by atoms with Gasteiger partial charge in [0.25, 0.3) is 5.91 Å². The van der Waals surface area contributed by atoms with Crippen LogP contribution >= 0.6 is 0 Å². The fourth-order valence-corrected chi connectivity index (χ4v) is 3.87. The van der Waals surface area contributed by atoms with Crippen LogP contribution in [0.15, 0.2) is 53.8 Å². The van der Waals surface area contributed by atoms with Crippen LogP contribution in [0.3, 0.4) is 0 Å². The zero-order valence-corrected chi connectivity index (χ0v) is 18.8. The third-order valence-corrected chi connectivity index (χ3v) is 5.28. The van der Waals surface area contributed by atoms with Gasteiger partial charge in [0.05, 0.1) is 25.3 Å². The molecule has 0 radical (unpaired) electrons. The molecule has 1 atom stereocenters. The molecule has 0 bridgehead atoms. The summed E-state index contributed by atoms with van der Waals surface area (Å²) in [5.74, 6) is -0.518. The molecule has 0 spiro atoms. The van der Waals surface area contributed by atoms with Crippen molar-refractivity contribution < 1.29 is 29.3 Å². The Hall–Kier alpha value is -3.48. The monoisotopic (exact) mass is 439 g/mol. The maximum atomic E-state index is 13.1. The summed E-state index contributed by atoms with van der Waals surface area (Å²) in [6.45, 7) is 6.11. The van der Waals surface area contributed by atoms with E-state index >= 15 is 0 Å². The molecule has 1 aliphatic heterocycles. The lowest BCUT2D eigenvalue weighted by atomic mass is 9.92. The molecule has 3 rings (SSSR count). The molecule has 1 aliphatic rings. The number of aliphatic hydroxyl groups excluding tert-OH is 1. The number of aromatic hydroxyl groups is 1. The zero-order chi connectivity index (χ0) is 23.4. The van der Waals surface area contributed by atoms with Gasteiger partial charge in [-0.25, -0.2) is 0 Å². The van der Waals surface area contributed by atoms with Crippen LogP contribution in [0.25, 0.3) is 0 Å². The van der Waals surface area contributed by atoms with E-state index in [-0.39, 0.29) is 41.7 Å². The van der Waals surface area contributed by atoms with E-state index in [1.54, 1.807) is 38.3 Å². The summed E-state index contributed by atoms with van der Waals surface area (Å²) in [5, 5.41) is 20.8. The molecule has 32 heavy (non-hydrogen) atoms. The van der Waals surface area contributed by atoms with Crippen molar-refractivity contribution in [2.45, 2.75) is 39.8 Å². The molecule has 7 nitrogen and oxygen atoms in total. The van der Waals surface area contributed by atoms with Gasteiger partial charge in [0.15, 0.2) is 23.0 Å². The Bertz CT molecular complexity index is 1040. The fraction of sp³-hybridized carbons (Fsp3) is 0.360. The van der Waals surface area contributed by atoms with Gasteiger partial charge in [-0.2, -0.15) is 0 Å². The lowest BCUT2D eigenvalue weighted by Crippen LogP contribution is -2.30. The van der Waals surface area contributed by atoms with Crippen molar-refractivity contribution >= 4 is 11.7 Å². The van der Waals surface area contributed by atoms with Crippen LogP contribution in [0.2, 0.25) is 0 Å². The molecular formula is C25H29NO6. The van der Waals surface area contributed by atoms with Crippen molar-refractivity contribution in [3.05, 3.63) is 64.9 Å². The molecule has 1 amide bonds. The lowest BCUT2D eigenvalue weighted by Gasteiger charge is -2.27. The molecule has 1 unspecified atom stereocenters. The van der Waals surface area contributed by atoms with E-state index in [1.165, 1.54) is 11.0 Å². The Balaban J connectivity index is 2.08. The Morgan fingerprint density at radius 2 is 1.91 bits per heavy atom. The average molecular weight is 440 g/mol. The number of carbonyl (C=O) groups excluding carboxylic acids is 2. The molecular weight excluding hydrogens is 410 g/mol. The van der Waals surface area contributed by atoms with Crippen LogP contribution in [0.1, 0.15) is 44.4 Å². The number of nitrogens with zero attached hydrogens (tertiary/aromatic N) is 1. The third-order valence-electron chi connectivity index (χ3n) is 5.28. The molecule has 7 heteroatoms. The van der Waals surface area contributed by atoms with Crippen LogP contribution < -0.4 is 9.47 Å². The molecule has 2 N–H and O–H groups in total. The van der Waals surface area contributed by atoms with Crippen molar-refractivity contribution in [1.29, 1.82) is 0 Å². The van der Waals surface area contributed by atoms with E-state index in [2.05, 4.69) is 0 Å². The summed E-state index contributed by atoms with van der Waals surface area (Å²) in [7, 11) is 1.56. The quantitative estimate of drug-likeness (QED) is 0.604. The first-order valence-electron chi connectivity index (χ1n) is 10.6. The van der Waals surface area contributed by atoms with E-state index in [0.29, 0.717) is 17.9 Å². The largest absolute Gasteiger partial charge is 0.504 e. The van der Waals surface area contributed by atoms with Gasteiger partial charge >= 0.3 is 0 Å². The van der Waals surface area contributed by atoms with Crippen molar-refractivity contribution in [3.8, 4) is 17.2 Å². The highest BCUT2D eigenvalue weighted by Crippen LogP contribution is 2.42. The number of phenols is 1. The first kappa shape index (κ1) is 23.2. The van der Waals surface area contributed by atoms with E-state index in [9.17, 15) is 19.8 Å². The summed E-state index contributed by atoms with van der Waals surface area (Å²) in [4.78, 5) is 27.6. The van der Waals surface area contributed by atoms with Gasteiger partial charge in [-0.15, -0.1) is 0 Å². The number of hydrogen-bond donors (Lipinski definition) is 2. The minimum atomic E-state index is -0.806. The van der Waals surface area contributed by atoms with Crippen LogP contribution in [0.5, 0.6) is 17.2 Å². The highest BCUT2D eigenvalue weighted by molar-refractivity contribution is 6.09. The van der Waals surface area contributed by atoms with Gasteiger partial charge in [-0.1, -0.05) is 32.0 Å². The summed E-state index contributed by atoms with van der Waals surface area (Å²) < 4.78 is 10.8. The SMILES string of the molecule is CCOc1cc(C2C(C(=O)CC(C)C)=C(O)C(=O)N2Cc2cccc(OC)c2)ccc1O. The zero-order valence-electron chi connectivity index (χ0n) is 18.8. The number of benzene rings is 2. The van der Waals surface area contributed by atoms with Gasteiger partial charge in [0.2, 0.25) is 0 Å². The molecule has 0 aromatic heterocycles. The summed E-state index contributed by atoms with van der Waals surface area (Å²) >= 11 is 0. The lowest BCUT2D eigenvalue weighted by molar-refractivity contribution is -0.130. The van der Waals surface area contributed by atoms with Gasteiger partial charge in [0, 0.05) is 13.0 Å². The van der Waals surface area contributed by atoms with Crippen LogP contribution in [0, 0.1) is 5.92 Å². The molecule has 2 aromatic carbocycles. The number of ketones is 1. The van der Waals surface area contributed by atoms with Crippen LogP contribution in [-0.4, -0.2) is 40.5 Å². The Kier molecular flexibility index (Phi) is 7.08. The molecule has 170 valence electrons. The third kappa shape index (κ3) is 4.72. The second-order valence-electron chi connectivity index (χ2n) is 8.13. The molecule has 0 saturated heterocycles. The number of hydrogen-bond acceptors (Lipinski definition) is 6. The number of aliphatic hydroxyl groups is 1. The van der Waals surface area contributed by atoms with E-state index in [4.69, 9.17) is 9.47 Å². The number of phenolic OH excluding ortho intramolecular Hbond substituents is 1. The molecule has 1 heterocycles. The topological polar surface area (TPSA) is 96.3 Å². The van der Waals surface area contributed by atoms with Crippen molar-refractivity contribution in [2.75, 3.05) is 13.7 Å². The van der Waals surface area contributed by atoms with E-state index in [0.717, 1.165) is 5.56 Å². The van der Waals surface area contributed by atoms with Gasteiger partial charge in [-0.05, 0) is 48.2 Å². The summed E-state index contributed by atoms with van der Waals surface area (Å²) in [6, 6.07) is 11.2. The average Bonchev–Trinajstić information content (AvgIpc) is 3.00. The Morgan fingerprint density at radius 3 is 2.56 bits per heavy atom.